The van der Waals surface area contributed by atoms with Gasteiger partial charge in [-0.3, -0.25) is 57.5 Å². The number of benzene rings is 2. The predicted octanol–water partition coefficient (Wildman–Crippen LogP) is 4.96. The lowest BCUT2D eigenvalue weighted by molar-refractivity contribution is -0.156. The van der Waals surface area contributed by atoms with E-state index in [0.717, 1.165) is 75.4 Å². The maximum Gasteiger partial charge on any atom is 0.422 e. The second-order valence-corrected chi connectivity index (χ2v) is 28.5. The summed E-state index contributed by atoms with van der Waals surface area (Å²) in [6.07, 6.45) is -9.86. The van der Waals surface area contributed by atoms with Crippen LogP contribution in [-0.4, -0.2) is 264 Å². The zero-order valence-corrected chi connectivity index (χ0v) is 62.1. The van der Waals surface area contributed by atoms with E-state index in [1.165, 1.54) is 49.3 Å². The van der Waals surface area contributed by atoms with Gasteiger partial charge in [0, 0.05) is 88.9 Å². The van der Waals surface area contributed by atoms with Crippen molar-refractivity contribution in [3.8, 4) is 0 Å². The third kappa shape index (κ3) is 20.6. The van der Waals surface area contributed by atoms with Gasteiger partial charge in [-0.15, -0.1) is 0 Å². The Kier molecular flexibility index (Phi) is 29.2. The van der Waals surface area contributed by atoms with Crippen LogP contribution in [-0.2, 0) is 87.5 Å². The third-order valence-corrected chi connectivity index (χ3v) is 20.3. The average Bonchev–Trinajstić information content (AvgIpc) is 1.57. The zero-order chi connectivity index (χ0) is 78.7. The van der Waals surface area contributed by atoms with E-state index in [1.807, 2.05) is 0 Å². The van der Waals surface area contributed by atoms with Crippen molar-refractivity contribution in [1.29, 1.82) is 0 Å². The van der Waals surface area contributed by atoms with Crippen LogP contribution >= 0.6 is 0 Å². The lowest BCUT2D eigenvalue weighted by atomic mass is 9.75. The molecule has 0 unspecified atom stereocenters. The number of amides is 12. The SMILES string of the molecule is CCO[C@@H]1C[C@H]2C(=O)NC3(CCC3)C(=O)N(C)[C@@H](CC(C)C)C(=O)N(C)[C@H](C(=O)N(C)C)CC(=O)N(C)[C@@H](CC)C(=O)N[C@@H]([C@@H](C)CC)C(=O)N(C)CC(=O)N(C)[C@H]3C/C=C\CCN(C3=O)[C@@H](Cc3ccc(C(F)(F)F)cc3)C(=O)N(C)CC(=O)N[C@@H](CCc3cc(F)c(C(F)(F)F)c(F)c3)C(=O)N2C1. The Hall–Kier alpha value is -8.78. The summed E-state index contributed by atoms with van der Waals surface area (Å²) < 4.78 is 120. The summed E-state index contributed by atoms with van der Waals surface area (Å²) in [6.45, 7) is 8.01. The number of nitrogens with one attached hydrogen (secondary N) is 3. The summed E-state index contributed by atoms with van der Waals surface area (Å²) in [5.74, 6) is -15.2. The Morgan fingerprint density at radius 3 is 1.83 bits per heavy atom. The van der Waals surface area contributed by atoms with Crippen LogP contribution in [0.5, 0.6) is 0 Å². The Balaban J connectivity index is 1.50. The summed E-state index contributed by atoms with van der Waals surface area (Å²) >= 11 is 0. The highest BCUT2D eigenvalue weighted by Crippen LogP contribution is 2.38. The minimum atomic E-state index is -5.46. The minimum absolute atomic E-state index is 0.0102. The van der Waals surface area contributed by atoms with Gasteiger partial charge < -0.3 is 64.8 Å². The number of fused-ring (bicyclic) bond motifs is 3. The van der Waals surface area contributed by atoms with Gasteiger partial charge in [0.15, 0.2) is 0 Å². The lowest BCUT2D eigenvalue weighted by Gasteiger charge is -2.46. The summed E-state index contributed by atoms with van der Waals surface area (Å²) in [6, 6.07) is -7.43. The second kappa shape index (κ2) is 36.0. The highest BCUT2D eigenvalue weighted by atomic mass is 19.4. The number of carbonyl (C=O) groups is 12. The number of likely N-dealkylation sites (N-methyl/N-ethyl adjacent to an activating group) is 7. The van der Waals surface area contributed by atoms with E-state index in [2.05, 4.69) is 16.0 Å². The fourth-order valence-corrected chi connectivity index (χ4v) is 13.7. The number of ether oxygens (including phenoxy) is 1. The van der Waals surface area contributed by atoms with Crippen LogP contribution < -0.4 is 16.0 Å². The van der Waals surface area contributed by atoms with Crippen molar-refractivity contribution in [3.63, 3.8) is 0 Å². The molecule has 1 spiro atoms. The van der Waals surface area contributed by atoms with E-state index in [0.29, 0.717) is 25.0 Å². The van der Waals surface area contributed by atoms with Crippen LogP contribution in [0.2, 0.25) is 0 Å². The van der Waals surface area contributed by atoms with Crippen molar-refractivity contribution in [3.05, 3.63) is 82.4 Å². The smallest absolute Gasteiger partial charge is 0.377 e. The molecule has 2 aromatic carbocycles. The number of nitrogens with zero attached hydrogens (tertiary/aromatic N) is 9. The molecule has 25 nitrogen and oxygen atoms in total. The molecule has 3 fully saturated rings. The Labute approximate surface area is 607 Å². The second-order valence-electron chi connectivity index (χ2n) is 28.5. The van der Waals surface area contributed by atoms with Gasteiger partial charge in [0.1, 0.15) is 71.1 Å². The van der Waals surface area contributed by atoms with Crippen LogP contribution in [0, 0.1) is 23.5 Å². The summed E-state index contributed by atoms with van der Waals surface area (Å²) in [4.78, 5) is 188. The molecule has 1 aliphatic carbocycles. The van der Waals surface area contributed by atoms with E-state index in [1.54, 1.807) is 53.7 Å². The number of carbonyl (C=O) groups excluding carboxylic acids is 12. The molecule has 6 rings (SSSR count). The summed E-state index contributed by atoms with van der Waals surface area (Å²) in [5.41, 5.74) is -5.28. The van der Waals surface area contributed by atoms with Gasteiger partial charge in [-0.25, -0.2) is 8.78 Å². The molecule has 33 heteroatoms. The molecule has 582 valence electrons. The number of rotatable bonds is 13. The third-order valence-electron chi connectivity index (χ3n) is 20.3. The first-order valence-electron chi connectivity index (χ1n) is 35.3. The fourth-order valence-electron chi connectivity index (χ4n) is 13.7. The molecule has 2 bridgehead atoms. The molecule has 4 aliphatic rings. The van der Waals surface area contributed by atoms with Crippen molar-refractivity contribution in [2.24, 2.45) is 11.8 Å². The van der Waals surface area contributed by atoms with Gasteiger partial charge in [0.25, 0.3) is 0 Å². The van der Waals surface area contributed by atoms with Crippen molar-refractivity contribution in [2.75, 3.05) is 89.2 Å². The number of hydrogen-bond acceptors (Lipinski definition) is 13. The van der Waals surface area contributed by atoms with Crippen LogP contribution in [0.15, 0.2) is 48.6 Å². The van der Waals surface area contributed by atoms with Gasteiger partial charge in [-0.05, 0) is 112 Å². The molecule has 12 amide bonds. The topological polar surface area (TPSA) is 279 Å². The van der Waals surface area contributed by atoms with E-state index in [-0.39, 0.29) is 76.1 Å². The highest BCUT2D eigenvalue weighted by Gasteiger charge is 2.53. The Morgan fingerprint density at radius 1 is 0.667 bits per heavy atom. The molecule has 105 heavy (non-hydrogen) atoms. The first kappa shape index (κ1) is 85.2. The lowest BCUT2D eigenvalue weighted by Crippen LogP contribution is -2.67. The molecule has 0 aromatic heterocycles. The predicted molar refractivity (Wildman–Crippen MR) is 367 cm³/mol. The molecular weight excluding hydrogens is 1390 g/mol. The standard InChI is InChI=1S/C72H100F8N12O13/c1-15-42(6)60-68(103)86(10)40-58(95)88(12)51-22-19-18-20-31-91(67(51)102)55(35-43-23-26-45(27-24-43)71(75,76)77)65(100)85(9)39-56(93)81-49(28-25-44-33-47(73)59(48(74)34-44)72(78,79)80)63(98)92-38-46(105-17-3)36-52(92)62(97)83-70(29-21-30-70)69(104)90(14)53(32-41(4)5)66(101)89(13)54(64(99)84(7)8)37-57(94)87(11)50(16-2)61(96)82-60/h18-19,23-24,26-27,33-34,41-42,46,49-55,60H,15-17,20-22,25,28-32,35-40H2,1-14H3,(H,81,93)(H,82,96)(H,83,97)/b19-18-/t42-,46+,49-,50-,51-,52-,53-,54-,55-,60-/m0/s1. The van der Waals surface area contributed by atoms with Gasteiger partial charge in [0.2, 0.25) is 70.9 Å². The minimum Gasteiger partial charge on any atom is -0.377 e. The summed E-state index contributed by atoms with van der Waals surface area (Å²) in [5, 5.41) is 8.14. The first-order valence-corrected chi connectivity index (χ1v) is 35.3. The van der Waals surface area contributed by atoms with Gasteiger partial charge in [-0.2, -0.15) is 26.3 Å². The molecule has 2 aromatic rings. The van der Waals surface area contributed by atoms with Crippen molar-refractivity contribution in [2.45, 2.75) is 197 Å². The molecule has 3 aliphatic heterocycles. The molecule has 0 radical (unpaired) electrons. The van der Waals surface area contributed by atoms with E-state index in [4.69, 9.17) is 4.74 Å². The molecule has 2 saturated heterocycles. The van der Waals surface area contributed by atoms with E-state index < -0.39 is 216 Å². The van der Waals surface area contributed by atoms with Crippen LogP contribution in [0.25, 0.3) is 0 Å². The normalized spacial score (nSPS) is 25.6. The number of hydrogen-bond donors (Lipinski definition) is 3. The fraction of sp³-hybridized carbons (Fsp3) is 0.639. The largest absolute Gasteiger partial charge is 0.422 e. The number of alkyl halides is 6. The van der Waals surface area contributed by atoms with Gasteiger partial charge in [-0.1, -0.05) is 65.3 Å². The molecular formula is C72H100F8N12O13. The zero-order valence-electron chi connectivity index (χ0n) is 62.1. The van der Waals surface area contributed by atoms with Gasteiger partial charge >= 0.3 is 12.4 Å². The Morgan fingerprint density at radius 2 is 1.29 bits per heavy atom. The number of halogens is 8. The molecule has 3 N–H and O–H groups in total. The maximum absolute atomic E-state index is 15.4. The first-order chi connectivity index (χ1) is 49.0. The monoisotopic (exact) mass is 1490 g/mol. The van der Waals surface area contributed by atoms with Crippen LogP contribution in [0.1, 0.15) is 134 Å². The molecule has 10 atom stereocenters. The van der Waals surface area contributed by atoms with Crippen molar-refractivity contribution in [1.82, 2.24) is 60.0 Å². The molecule has 1 saturated carbocycles. The average molecular weight is 1490 g/mol. The Bertz CT molecular complexity index is 3530. The van der Waals surface area contributed by atoms with Crippen LogP contribution in [0.4, 0.5) is 35.1 Å². The number of aryl methyl sites for hydroxylation is 1. The highest BCUT2D eigenvalue weighted by molar-refractivity contribution is 6.01. The quantitative estimate of drug-likeness (QED) is 0.177. The van der Waals surface area contributed by atoms with E-state index >= 15 is 37.5 Å². The van der Waals surface area contributed by atoms with Crippen molar-refractivity contribution >= 4 is 70.9 Å². The van der Waals surface area contributed by atoms with Crippen LogP contribution in [0.3, 0.4) is 0 Å². The van der Waals surface area contributed by atoms with Gasteiger partial charge in [0.05, 0.1) is 31.2 Å². The molecule has 3 heterocycles. The summed E-state index contributed by atoms with van der Waals surface area (Å²) in [7, 11) is 10.4. The maximum atomic E-state index is 15.4. The van der Waals surface area contributed by atoms with Crippen molar-refractivity contribution < 1.29 is 97.4 Å². The van der Waals surface area contributed by atoms with E-state index in [9.17, 15) is 55.1 Å².